The first-order valence-electron chi connectivity index (χ1n) is 13.0. The van der Waals surface area contributed by atoms with E-state index in [2.05, 4.69) is 15.3 Å². The van der Waals surface area contributed by atoms with Crippen LogP contribution in [0.4, 0.5) is 14.5 Å². The summed E-state index contributed by atoms with van der Waals surface area (Å²) >= 11 is 0. The zero-order valence-corrected chi connectivity index (χ0v) is 20.1. The lowest BCUT2D eigenvalue weighted by Gasteiger charge is -2.60. The van der Waals surface area contributed by atoms with Gasteiger partial charge in [-0.2, -0.15) is 5.10 Å². The lowest BCUT2D eigenvalue weighted by molar-refractivity contribution is -0.139. The molecule has 0 spiro atoms. The molecule has 2 aromatic heterocycles. The molecule has 5 fully saturated rings. The Morgan fingerprint density at radius 2 is 1.92 bits per heavy atom. The molecule has 36 heavy (non-hydrogen) atoms. The first-order chi connectivity index (χ1) is 17.3. The van der Waals surface area contributed by atoms with Crippen LogP contribution in [0.5, 0.6) is 0 Å². The van der Waals surface area contributed by atoms with E-state index in [1.54, 1.807) is 10.7 Å². The van der Waals surface area contributed by atoms with Gasteiger partial charge in [0, 0.05) is 29.5 Å². The normalized spacial score (nSPS) is 33.0. The van der Waals surface area contributed by atoms with Crippen LogP contribution >= 0.6 is 0 Å². The van der Waals surface area contributed by atoms with Crippen molar-refractivity contribution < 1.29 is 18.7 Å². The molecule has 1 saturated heterocycles. The van der Waals surface area contributed by atoms with Gasteiger partial charge >= 0.3 is 0 Å². The minimum atomic E-state index is -0.650. The quantitative estimate of drug-likeness (QED) is 0.551. The van der Waals surface area contributed by atoms with Crippen molar-refractivity contribution in [3.63, 3.8) is 0 Å². The number of carbonyl (C=O) groups is 1. The Morgan fingerprint density at radius 3 is 2.69 bits per heavy atom. The van der Waals surface area contributed by atoms with E-state index < -0.39 is 17.2 Å². The summed E-state index contributed by atoms with van der Waals surface area (Å²) in [4.78, 5) is 15.6. The topological polar surface area (TPSA) is 69.9 Å². The number of fused-ring (bicyclic) bond motifs is 1. The van der Waals surface area contributed by atoms with Crippen molar-refractivity contribution in [1.82, 2.24) is 14.9 Å². The molecular formula is C28H30F2N4O2. The summed E-state index contributed by atoms with van der Waals surface area (Å²) in [5.41, 5.74) is 1.39. The number of amides is 1. The summed E-state index contributed by atoms with van der Waals surface area (Å²) < 4.78 is 30.2. The summed E-state index contributed by atoms with van der Waals surface area (Å²) in [5, 5.41) is 18.8. The summed E-state index contributed by atoms with van der Waals surface area (Å²) in [5.74, 6) is -0.0691. The number of pyridine rings is 1. The Bertz CT molecular complexity index is 1360. The Kier molecular flexibility index (Phi) is 4.78. The summed E-state index contributed by atoms with van der Waals surface area (Å²) in [7, 11) is 0. The Balaban J connectivity index is 1.19. The van der Waals surface area contributed by atoms with Crippen molar-refractivity contribution in [1.29, 1.82) is 0 Å². The number of aliphatic hydroxyl groups is 1. The fourth-order valence-electron chi connectivity index (χ4n) is 8.16. The van der Waals surface area contributed by atoms with Gasteiger partial charge in [-0.3, -0.25) is 4.79 Å². The van der Waals surface area contributed by atoms with E-state index in [4.69, 9.17) is 0 Å². The zero-order chi connectivity index (χ0) is 24.7. The van der Waals surface area contributed by atoms with Crippen molar-refractivity contribution in [2.24, 2.45) is 11.8 Å². The third-order valence-electron chi connectivity index (χ3n) is 9.06. The highest BCUT2D eigenvalue weighted by atomic mass is 19.1. The van der Waals surface area contributed by atoms with Gasteiger partial charge in [0.15, 0.2) is 0 Å². The third-order valence-corrected chi connectivity index (χ3v) is 9.06. The molecule has 3 aromatic rings. The molecule has 4 bridgehead atoms. The van der Waals surface area contributed by atoms with Gasteiger partial charge in [0.25, 0.3) is 5.91 Å². The Labute approximate surface area is 208 Å². The van der Waals surface area contributed by atoms with E-state index in [0.717, 1.165) is 63.2 Å². The number of hydrogen-bond donors (Lipinski definition) is 2. The maximum Gasteiger partial charge on any atom is 0.255 e. The highest BCUT2D eigenvalue weighted by Crippen LogP contribution is 2.57. The van der Waals surface area contributed by atoms with Crippen molar-refractivity contribution >= 4 is 17.1 Å². The van der Waals surface area contributed by atoms with E-state index in [1.807, 2.05) is 18.3 Å². The van der Waals surface area contributed by atoms with Crippen LogP contribution in [0.25, 0.3) is 5.52 Å². The maximum atomic E-state index is 14.6. The van der Waals surface area contributed by atoms with Crippen molar-refractivity contribution in [3.05, 3.63) is 65.5 Å². The minimum Gasteiger partial charge on any atom is -0.390 e. The number of nitrogens with zero attached hydrogens (tertiary/aromatic N) is 3. The molecule has 8 heteroatoms. The standard InChI is InChI=1S/C28H30F2N4O2/c29-19-3-4-23(30)21(9-19)24-2-1-6-33(24)20-5-7-34-25(10-20)22(15-31-34)26(35)32-27-11-17-8-18(12-27)14-28(36,13-17)16-27/h3-5,7,9-10,15,17-18,24,36H,1-2,6,8,11-14,16H2,(H,32,35)/t17?,18?,24-,27?,28?/m1/s1. The van der Waals surface area contributed by atoms with E-state index in [0.29, 0.717) is 34.9 Å². The van der Waals surface area contributed by atoms with Crippen LogP contribution < -0.4 is 10.2 Å². The fourth-order valence-corrected chi connectivity index (χ4v) is 8.16. The Hall–Kier alpha value is -3.00. The Morgan fingerprint density at radius 1 is 1.11 bits per heavy atom. The van der Waals surface area contributed by atoms with Gasteiger partial charge in [-0.1, -0.05) is 0 Å². The SMILES string of the molecule is O=C(NC12CC3CC(CC(O)(C3)C1)C2)c1cnn2ccc(N3CCC[C@@H]3c3cc(F)ccc3F)cc12. The fraction of sp³-hybridized carbons (Fsp3) is 0.500. The number of nitrogens with one attached hydrogen (secondary N) is 1. The lowest BCUT2D eigenvalue weighted by atomic mass is 9.51. The average molecular weight is 493 g/mol. The van der Waals surface area contributed by atoms with Gasteiger partial charge in [0.2, 0.25) is 0 Å². The summed E-state index contributed by atoms with van der Waals surface area (Å²) in [6.07, 6.45) is 10.3. The first-order valence-corrected chi connectivity index (χ1v) is 13.0. The number of rotatable bonds is 4. The van der Waals surface area contributed by atoms with Gasteiger partial charge in [0.1, 0.15) is 11.6 Å². The largest absolute Gasteiger partial charge is 0.390 e. The highest BCUT2D eigenvalue weighted by molar-refractivity contribution is 6.01. The number of anilines is 1. The molecule has 1 aromatic carbocycles. The monoisotopic (exact) mass is 492 g/mol. The molecule has 1 aliphatic heterocycles. The van der Waals surface area contributed by atoms with Crippen molar-refractivity contribution in [3.8, 4) is 0 Å². The second-order valence-electron chi connectivity index (χ2n) is 11.7. The van der Waals surface area contributed by atoms with Gasteiger partial charge in [-0.05, 0) is 93.5 Å². The molecule has 2 unspecified atom stereocenters. The second kappa shape index (κ2) is 7.75. The number of benzene rings is 1. The minimum absolute atomic E-state index is 0.165. The molecule has 3 atom stereocenters. The molecule has 2 N–H and O–H groups in total. The van der Waals surface area contributed by atoms with E-state index in [-0.39, 0.29) is 17.5 Å². The first kappa shape index (κ1) is 22.2. The van der Waals surface area contributed by atoms with Crippen LogP contribution in [0.1, 0.15) is 73.3 Å². The van der Waals surface area contributed by atoms with Crippen LogP contribution in [-0.2, 0) is 0 Å². The van der Waals surface area contributed by atoms with Gasteiger partial charge in [-0.25, -0.2) is 13.3 Å². The molecule has 3 heterocycles. The summed E-state index contributed by atoms with van der Waals surface area (Å²) in [6.45, 7) is 0.719. The predicted octanol–water partition coefficient (Wildman–Crippen LogP) is 4.77. The van der Waals surface area contributed by atoms with Gasteiger partial charge < -0.3 is 15.3 Å². The van der Waals surface area contributed by atoms with Crippen molar-refractivity contribution in [2.75, 3.05) is 11.4 Å². The van der Waals surface area contributed by atoms with E-state index in [1.165, 1.54) is 12.1 Å². The summed E-state index contributed by atoms with van der Waals surface area (Å²) in [6, 6.07) is 7.18. The second-order valence-corrected chi connectivity index (χ2v) is 11.7. The van der Waals surface area contributed by atoms with Crippen LogP contribution in [0.3, 0.4) is 0 Å². The molecule has 6 nitrogen and oxygen atoms in total. The smallest absolute Gasteiger partial charge is 0.255 e. The molecule has 4 saturated carbocycles. The third kappa shape index (κ3) is 3.52. The van der Waals surface area contributed by atoms with E-state index >= 15 is 0 Å². The molecule has 1 amide bonds. The maximum absolute atomic E-state index is 14.6. The zero-order valence-electron chi connectivity index (χ0n) is 20.1. The van der Waals surface area contributed by atoms with Crippen LogP contribution in [0, 0.1) is 23.5 Å². The molecule has 4 aliphatic carbocycles. The number of carbonyl (C=O) groups excluding carboxylic acids is 1. The van der Waals surface area contributed by atoms with E-state index in [9.17, 15) is 18.7 Å². The van der Waals surface area contributed by atoms with Crippen LogP contribution in [-0.4, -0.2) is 38.3 Å². The molecule has 5 aliphatic rings. The molecular weight excluding hydrogens is 462 g/mol. The molecule has 8 rings (SSSR count). The van der Waals surface area contributed by atoms with Crippen molar-refractivity contribution in [2.45, 2.75) is 68.5 Å². The molecule has 188 valence electrons. The van der Waals surface area contributed by atoms with Crippen LogP contribution in [0.15, 0.2) is 42.7 Å². The lowest BCUT2D eigenvalue weighted by Crippen LogP contribution is -2.65. The average Bonchev–Trinajstić information content (AvgIpc) is 3.45. The van der Waals surface area contributed by atoms with Crippen LogP contribution in [0.2, 0.25) is 0 Å². The number of hydrogen-bond acceptors (Lipinski definition) is 4. The number of aromatic nitrogens is 2. The molecule has 0 radical (unpaired) electrons. The van der Waals surface area contributed by atoms with Gasteiger partial charge in [-0.15, -0.1) is 0 Å². The predicted molar refractivity (Wildman–Crippen MR) is 131 cm³/mol. The van der Waals surface area contributed by atoms with Gasteiger partial charge in [0.05, 0.1) is 28.9 Å². The highest BCUT2D eigenvalue weighted by Gasteiger charge is 2.57. The number of halogens is 2.